The van der Waals surface area contributed by atoms with Crippen molar-refractivity contribution in [1.82, 2.24) is 30.7 Å². The van der Waals surface area contributed by atoms with E-state index in [1.807, 2.05) is 273 Å². The van der Waals surface area contributed by atoms with Gasteiger partial charge in [0.1, 0.15) is 19.8 Å². The van der Waals surface area contributed by atoms with Gasteiger partial charge in [0.25, 0.3) is 0 Å². The van der Waals surface area contributed by atoms with E-state index >= 15 is 0 Å². The molecule has 0 spiro atoms. The Morgan fingerprint density at radius 2 is 0.554 bits per heavy atom. The highest BCUT2D eigenvalue weighted by molar-refractivity contribution is 6.23. The molecule has 6 amide bonds. The summed E-state index contributed by atoms with van der Waals surface area (Å²) in [4.78, 5) is 82.0. The van der Waals surface area contributed by atoms with Crippen LogP contribution in [0.3, 0.4) is 0 Å². The van der Waals surface area contributed by atoms with Crippen LogP contribution in [0.4, 0.5) is 14.4 Å². The Bertz CT molecular complexity index is 3760. The van der Waals surface area contributed by atoms with Crippen LogP contribution in [0.25, 0.3) is 5.53 Å². The molecule has 9 aromatic rings. The van der Waals surface area contributed by atoms with Crippen LogP contribution in [0.5, 0.6) is 0 Å². The van der Waals surface area contributed by atoms with Crippen molar-refractivity contribution in [2.75, 3.05) is 19.6 Å². The third-order valence-corrected chi connectivity index (χ3v) is 16.1. The first kappa shape index (κ1) is 76.8. The smallest absolute Gasteiger partial charge is 0.407 e. The molecule has 9 aromatic carbocycles. The average molecular weight is 1370 g/mol. The van der Waals surface area contributed by atoms with E-state index in [0.29, 0.717) is 32.4 Å². The molecule has 9 rings (SSSR count). The van der Waals surface area contributed by atoms with Gasteiger partial charge < -0.3 is 65.7 Å². The lowest BCUT2D eigenvalue weighted by atomic mass is 10.0. The van der Waals surface area contributed by atoms with E-state index in [1.165, 1.54) is 18.7 Å². The summed E-state index contributed by atoms with van der Waals surface area (Å²) in [5.74, 6) is -0.869. The summed E-state index contributed by atoms with van der Waals surface area (Å²) >= 11 is 0. The molecule has 6 N–H and O–H groups in total. The Hall–Kier alpha value is -11.5. The molecule has 0 aliphatic carbocycles. The van der Waals surface area contributed by atoms with Crippen LogP contribution >= 0.6 is 0 Å². The average Bonchev–Trinajstić information content (AvgIpc) is 0.981. The van der Waals surface area contributed by atoms with Crippen molar-refractivity contribution in [2.45, 2.75) is 109 Å². The number of hydrogen-bond acceptors (Lipinski definition) is 12. The fraction of sp³-hybridized carbons (Fsp3) is 0.247. The number of rotatable bonds is 31. The monoisotopic (exact) mass is 1360 g/mol. The molecule has 524 valence electrons. The second kappa shape index (κ2) is 43.0. The van der Waals surface area contributed by atoms with E-state index < -0.39 is 60.6 Å². The third-order valence-electron chi connectivity index (χ3n) is 16.1. The predicted octanol–water partition coefficient (Wildman–Crippen LogP) is 11.1. The molecule has 0 aromatic heterocycles. The first-order chi connectivity index (χ1) is 49.1. The molecule has 0 fully saturated rings. The van der Waals surface area contributed by atoms with E-state index in [2.05, 4.69) is 20.7 Å². The Morgan fingerprint density at radius 3 is 0.782 bits per heavy atom. The van der Waals surface area contributed by atoms with Gasteiger partial charge in [-0.15, -0.1) is 0 Å². The molecule has 0 aliphatic heterocycles. The highest BCUT2D eigenvalue weighted by Crippen LogP contribution is 2.17. The molecule has 0 heterocycles. The Labute approximate surface area is 590 Å². The molecule has 101 heavy (non-hydrogen) atoms. The lowest BCUT2D eigenvalue weighted by Gasteiger charge is -2.29. The van der Waals surface area contributed by atoms with E-state index in [9.17, 15) is 44.1 Å². The number of carbonyl (C=O) groups is 6. The first-order valence-corrected chi connectivity index (χ1v) is 33.2. The summed E-state index contributed by atoms with van der Waals surface area (Å²) in [5, 5.41) is 41.5. The van der Waals surface area contributed by atoms with Gasteiger partial charge in [-0.2, -0.15) is 4.79 Å². The Balaban J connectivity index is 0.000000213. The number of alkyl carbamates (subject to hydrolysis) is 3. The Kier molecular flexibility index (Phi) is 32.7. The van der Waals surface area contributed by atoms with Crippen LogP contribution in [0.2, 0.25) is 0 Å². The number of carbonyl (C=O) groups excluding carboxylic acids is 6. The van der Waals surface area contributed by atoms with Crippen molar-refractivity contribution in [2.24, 2.45) is 0 Å². The van der Waals surface area contributed by atoms with Crippen molar-refractivity contribution in [3.8, 4) is 0 Å². The van der Waals surface area contributed by atoms with Gasteiger partial charge in [0, 0.05) is 53.1 Å². The summed E-state index contributed by atoms with van der Waals surface area (Å²) in [6.07, 6.45) is -3.09. The molecule has 0 saturated carbocycles. The number of aliphatic hydroxyl groups excluding tert-OH is 3. The van der Waals surface area contributed by atoms with Gasteiger partial charge in [0.2, 0.25) is 11.8 Å². The molecule has 20 heteroatoms. The first-order valence-electron chi connectivity index (χ1n) is 33.2. The molecule has 6 atom stereocenters. The molecule has 0 aliphatic rings. The number of ether oxygens (including phenoxy) is 3. The van der Waals surface area contributed by atoms with Crippen molar-refractivity contribution >= 4 is 42.2 Å². The maximum atomic E-state index is 12.6. The van der Waals surface area contributed by atoms with Gasteiger partial charge in [0.05, 0.1) is 36.4 Å². The predicted molar refractivity (Wildman–Crippen MR) is 386 cm³/mol. The zero-order valence-electron chi connectivity index (χ0n) is 56.8. The number of amides is 6. The summed E-state index contributed by atoms with van der Waals surface area (Å²) in [5.41, 5.74) is 17.0. The molecular weight excluding hydrogens is 1280 g/mol. The van der Waals surface area contributed by atoms with Crippen molar-refractivity contribution in [3.05, 3.63) is 329 Å². The zero-order chi connectivity index (χ0) is 71.8. The second-order valence-electron chi connectivity index (χ2n) is 23.9. The molecule has 0 radical (unpaired) electrons. The van der Waals surface area contributed by atoms with Crippen LogP contribution < -0.4 is 16.0 Å². The highest BCUT2D eigenvalue weighted by atomic mass is 16.6. The van der Waals surface area contributed by atoms with Gasteiger partial charge in [0.15, 0.2) is 0 Å². The number of nitrogens with one attached hydrogen (secondary N) is 3. The molecular formula is C81H88N8O12. The van der Waals surface area contributed by atoms with Crippen LogP contribution in [0.15, 0.2) is 273 Å². The molecule has 0 saturated heterocycles. The number of aliphatic hydroxyl groups is 3. The van der Waals surface area contributed by atoms with Crippen LogP contribution in [0.1, 0.15) is 63.9 Å². The summed E-state index contributed by atoms with van der Waals surface area (Å²) in [7, 11) is 0. The minimum Gasteiger partial charge on any atom is -0.445 e. The fourth-order valence-electron chi connectivity index (χ4n) is 10.6. The van der Waals surface area contributed by atoms with Crippen LogP contribution in [-0.2, 0) is 87.3 Å². The standard InChI is InChI=1S/C27H28N4O4.2C27H30N2O4/c28-29-17-26(33)31(18-22-12-6-2-7-13-22)19-25(32)24(16-21-10-4-1-5-11-21)30-27(34)35-20-23-14-8-3-9-15-23;2*1-21(30)29(18-23-13-7-3-8-14-23)19-26(31)25(17-22-11-5-2-6-12-22)28-27(32)33-20-24-15-9-4-10-16-24/h1-15,17,24-25,32H,16,18-20H2,(H,30,34);2*2-16,25-26,31H,17-20H2,1H3,(H,28,32)/t24-,25+;25-,26+;25-,26-/m000/s1. The van der Waals surface area contributed by atoms with Gasteiger partial charge in [-0.05, 0) is 69.3 Å². The normalized spacial score (nSPS) is 12.3. The lowest BCUT2D eigenvalue weighted by Crippen LogP contribution is -2.50. The van der Waals surface area contributed by atoms with Gasteiger partial charge in [-0.3, -0.25) is 14.4 Å². The zero-order valence-corrected chi connectivity index (χ0v) is 56.8. The number of nitrogens with zero attached hydrogens (tertiary/aromatic N) is 5. The molecule has 0 unspecified atom stereocenters. The minimum atomic E-state index is -1.13. The van der Waals surface area contributed by atoms with E-state index in [4.69, 9.17) is 19.7 Å². The quantitative estimate of drug-likeness (QED) is 0.0102. The van der Waals surface area contributed by atoms with Crippen molar-refractivity contribution in [3.63, 3.8) is 0 Å². The van der Waals surface area contributed by atoms with Gasteiger partial charge >= 0.3 is 30.4 Å². The summed E-state index contributed by atoms with van der Waals surface area (Å²) in [6.45, 7) is 4.33. The number of benzene rings is 9. The maximum absolute atomic E-state index is 12.6. The van der Waals surface area contributed by atoms with E-state index in [1.54, 1.807) is 9.80 Å². The van der Waals surface area contributed by atoms with Gasteiger partial charge in [-0.25, -0.2) is 14.4 Å². The highest BCUT2D eigenvalue weighted by Gasteiger charge is 2.30. The topological polar surface area (TPSA) is 273 Å². The van der Waals surface area contributed by atoms with Crippen LogP contribution in [0, 0.1) is 0 Å². The largest absolute Gasteiger partial charge is 0.445 e. The lowest BCUT2D eigenvalue weighted by molar-refractivity contribution is -0.131. The molecule has 0 bridgehead atoms. The Morgan fingerprint density at radius 1 is 0.347 bits per heavy atom. The van der Waals surface area contributed by atoms with Crippen molar-refractivity contribution < 1.29 is 63.1 Å². The van der Waals surface area contributed by atoms with E-state index in [0.717, 1.165) is 56.3 Å². The summed E-state index contributed by atoms with van der Waals surface area (Å²) < 4.78 is 16.0. The maximum Gasteiger partial charge on any atom is 0.407 e. The fourth-order valence-corrected chi connectivity index (χ4v) is 10.6. The SMILES string of the molecule is CC(=O)N(Cc1ccccc1)C[C@@H](O)[C@H](Cc1ccccc1)NC(=O)OCc1ccccc1.CC(=O)N(Cc1ccccc1)C[C@H](O)[C@H](Cc1ccccc1)NC(=O)OCc1ccccc1.[N-]=[N+]=CC(=O)N(Cc1ccccc1)C[C@@H](O)[C@H](Cc1ccccc1)NC(=O)OCc1ccccc1. The summed E-state index contributed by atoms with van der Waals surface area (Å²) in [6, 6.07) is 83.1. The van der Waals surface area contributed by atoms with Gasteiger partial charge in [-0.1, -0.05) is 273 Å². The minimum absolute atomic E-state index is 0.0840. The van der Waals surface area contributed by atoms with Crippen molar-refractivity contribution in [1.29, 1.82) is 0 Å². The third kappa shape index (κ3) is 29.2. The molecule has 20 nitrogen and oxygen atoms in total. The second-order valence-corrected chi connectivity index (χ2v) is 23.9. The number of hydrogen-bond donors (Lipinski definition) is 6. The van der Waals surface area contributed by atoms with Crippen LogP contribution in [-0.4, -0.2) is 133 Å². The van der Waals surface area contributed by atoms with E-state index in [-0.39, 0.29) is 57.8 Å².